The fourth-order valence-corrected chi connectivity index (χ4v) is 1.16. The van der Waals surface area contributed by atoms with Crippen molar-refractivity contribution in [1.29, 1.82) is 5.41 Å². The van der Waals surface area contributed by atoms with E-state index in [4.69, 9.17) is 22.0 Å². The van der Waals surface area contributed by atoms with E-state index in [-0.39, 0.29) is 37.1 Å². The molecule has 1 atom stereocenters. The van der Waals surface area contributed by atoms with Crippen LogP contribution >= 0.6 is 24.8 Å². The SMILES string of the molecule is Cl.Cl.N=C(N)c1ccc(CC(N)C(=O)O)cc1. The van der Waals surface area contributed by atoms with Crippen LogP contribution in [0.15, 0.2) is 24.3 Å². The number of aliphatic carboxylic acids is 1. The Bertz CT molecular complexity index is 382. The summed E-state index contributed by atoms with van der Waals surface area (Å²) in [5, 5.41) is 15.8. The fourth-order valence-electron chi connectivity index (χ4n) is 1.16. The van der Waals surface area contributed by atoms with Crippen molar-refractivity contribution >= 4 is 36.6 Å². The second-order valence-corrected chi connectivity index (χ2v) is 3.26. The monoisotopic (exact) mass is 279 g/mol. The summed E-state index contributed by atoms with van der Waals surface area (Å²) in [5.41, 5.74) is 12.1. The van der Waals surface area contributed by atoms with Crippen molar-refractivity contribution in [1.82, 2.24) is 0 Å². The Hall–Kier alpha value is -1.30. The van der Waals surface area contributed by atoms with Gasteiger partial charge in [0.1, 0.15) is 11.9 Å². The van der Waals surface area contributed by atoms with E-state index in [2.05, 4.69) is 0 Å². The number of hydrogen-bond donors (Lipinski definition) is 4. The number of hydrogen-bond acceptors (Lipinski definition) is 3. The van der Waals surface area contributed by atoms with Crippen molar-refractivity contribution in [3.63, 3.8) is 0 Å². The summed E-state index contributed by atoms with van der Waals surface area (Å²) in [5.74, 6) is -1.03. The molecule has 0 aromatic heterocycles. The number of amidine groups is 1. The zero-order valence-electron chi connectivity index (χ0n) is 8.92. The summed E-state index contributed by atoms with van der Waals surface area (Å²) in [6, 6.07) is 5.89. The van der Waals surface area contributed by atoms with E-state index in [1.165, 1.54) is 0 Å². The van der Waals surface area contributed by atoms with E-state index in [0.29, 0.717) is 5.56 Å². The molecule has 1 aromatic carbocycles. The number of nitrogens with one attached hydrogen (secondary N) is 1. The standard InChI is InChI=1S/C10H13N3O2.2ClH/c11-8(10(14)15)5-6-1-3-7(4-2-6)9(12)13;;/h1-4,8H,5,11H2,(H3,12,13)(H,14,15);2*1H. The largest absolute Gasteiger partial charge is 0.480 e. The Kier molecular flexibility index (Phi) is 8.39. The van der Waals surface area contributed by atoms with Crippen molar-refractivity contribution in [2.75, 3.05) is 0 Å². The van der Waals surface area contributed by atoms with Crippen LogP contribution in [0.2, 0.25) is 0 Å². The van der Waals surface area contributed by atoms with Crippen LogP contribution in [-0.2, 0) is 11.2 Å². The molecule has 0 aliphatic carbocycles. The molecule has 1 rings (SSSR count). The second-order valence-electron chi connectivity index (χ2n) is 3.26. The normalized spacial score (nSPS) is 10.6. The number of nitrogen functional groups attached to an aromatic ring is 1. The molecule has 0 saturated carbocycles. The van der Waals surface area contributed by atoms with E-state index < -0.39 is 12.0 Å². The van der Waals surface area contributed by atoms with Crippen molar-refractivity contribution in [3.8, 4) is 0 Å². The van der Waals surface area contributed by atoms with Crippen molar-refractivity contribution in [2.24, 2.45) is 11.5 Å². The van der Waals surface area contributed by atoms with Crippen LogP contribution in [-0.4, -0.2) is 23.0 Å². The van der Waals surface area contributed by atoms with E-state index >= 15 is 0 Å². The van der Waals surface area contributed by atoms with Crippen LogP contribution in [0.1, 0.15) is 11.1 Å². The molecule has 0 saturated heterocycles. The highest BCUT2D eigenvalue weighted by Crippen LogP contribution is 2.06. The topological polar surface area (TPSA) is 113 Å². The smallest absolute Gasteiger partial charge is 0.320 e. The summed E-state index contributed by atoms with van der Waals surface area (Å²) >= 11 is 0. The zero-order valence-corrected chi connectivity index (χ0v) is 10.6. The van der Waals surface area contributed by atoms with Crippen molar-refractivity contribution < 1.29 is 9.90 Å². The van der Waals surface area contributed by atoms with Crippen LogP contribution in [0.25, 0.3) is 0 Å². The Morgan fingerprint density at radius 3 is 2.12 bits per heavy atom. The zero-order chi connectivity index (χ0) is 11.4. The van der Waals surface area contributed by atoms with Gasteiger partial charge in [-0.15, -0.1) is 24.8 Å². The molecule has 0 radical (unpaired) electrons. The molecule has 1 unspecified atom stereocenters. The first-order valence-corrected chi connectivity index (χ1v) is 4.42. The third kappa shape index (κ3) is 5.53. The first-order valence-electron chi connectivity index (χ1n) is 4.42. The Balaban J connectivity index is 0. The molecular formula is C10H15Cl2N3O2. The van der Waals surface area contributed by atoms with Gasteiger partial charge in [-0.3, -0.25) is 10.2 Å². The van der Waals surface area contributed by atoms with Crippen LogP contribution < -0.4 is 11.5 Å². The van der Waals surface area contributed by atoms with Gasteiger partial charge in [-0.25, -0.2) is 0 Å². The number of halogens is 2. The highest BCUT2D eigenvalue weighted by molar-refractivity contribution is 5.94. The molecule has 96 valence electrons. The maximum absolute atomic E-state index is 10.5. The third-order valence-electron chi connectivity index (χ3n) is 2.04. The van der Waals surface area contributed by atoms with Gasteiger partial charge in [-0.1, -0.05) is 24.3 Å². The molecule has 1 aromatic rings. The van der Waals surface area contributed by atoms with E-state index in [1.54, 1.807) is 24.3 Å². The number of benzene rings is 1. The lowest BCUT2D eigenvalue weighted by Gasteiger charge is -2.06. The Labute approximate surface area is 112 Å². The lowest BCUT2D eigenvalue weighted by atomic mass is 10.0. The molecular weight excluding hydrogens is 265 g/mol. The molecule has 0 bridgehead atoms. The van der Waals surface area contributed by atoms with Crippen LogP contribution in [0.5, 0.6) is 0 Å². The van der Waals surface area contributed by atoms with Gasteiger partial charge in [0.05, 0.1) is 0 Å². The predicted molar refractivity (Wildman–Crippen MR) is 71.3 cm³/mol. The number of nitrogens with two attached hydrogens (primary N) is 2. The third-order valence-corrected chi connectivity index (χ3v) is 2.04. The Morgan fingerprint density at radius 2 is 1.76 bits per heavy atom. The first-order chi connectivity index (χ1) is 7.00. The van der Waals surface area contributed by atoms with Crippen molar-refractivity contribution in [3.05, 3.63) is 35.4 Å². The summed E-state index contributed by atoms with van der Waals surface area (Å²) in [6.07, 6.45) is 0.271. The fraction of sp³-hybridized carbons (Fsp3) is 0.200. The molecule has 0 spiro atoms. The Morgan fingerprint density at radius 1 is 1.29 bits per heavy atom. The molecule has 0 amide bonds. The second kappa shape index (κ2) is 7.89. The lowest BCUT2D eigenvalue weighted by molar-refractivity contribution is -0.138. The molecule has 6 N–H and O–H groups in total. The highest BCUT2D eigenvalue weighted by Gasteiger charge is 2.11. The number of carbonyl (C=O) groups is 1. The summed E-state index contributed by atoms with van der Waals surface area (Å²) in [7, 11) is 0. The first kappa shape index (κ1) is 18.1. The van der Waals surface area contributed by atoms with Crippen LogP contribution in [0.3, 0.4) is 0 Å². The average Bonchev–Trinajstić information content (AvgIpc) is 2.18. The number of carboxylic acid groups (broad SMARTS) is 1. The van der Waals surface area contributed by atoms with Gasteiger partial charge in [0.15, 0.2) is 0 Å². The van der Waals surface area contributed by atoms with Gasteiger partial charge in [-0.05, 0) is 12.0 Å². The van der Waals surface area contributed by atoms with Gasteiger partial charge in [0, 0.05) is 5.56 Å². The van der Waals surface area contributed by atoms with Crippen LogP contribution in [0.4, 0.5) is 0 Å². The van der Waals surface area contributed by atoms with E-state index in [9.17, 15) is 4.79 Å². The molecule has 5 nitrogen and oxygen atoms in total. The van der Waals surface area contributed by atoms with Crippen LogP contribution in [0, 0.1) is 5.41 Å². The maximum Gasteiger partial charge on any atom is 0.320 e. The molecule has 0 aliphatic rings. The lowest BCUT2D eigenvalue weighted by Crippen LogP contribution is -2.32. The molecule has 7 heteroatoms. The van der Waals surface area contributed by atoms with Gasteiger partial charge >= 0.3 is 5.97 Å². The predicted octanol–water partition coefficient (Wildman–Crippen LogP) is 0.769. The van der Waals surface area contributed by atoms with Gasteiger partial charge in [0.25, 0.3) is 0 Å². The number of rotatable bonds is 4. The van der Waals surface area contributed by atoms with Gasteiger partial charge in [-0.2, -0.15) is 0 Å². The molecule has 0 aliphatic heterocycles. The molecule has 0 heterocycles. The minimum Gasteiger partial charge on any atom is -0.480 e. The summed E-state index contributed by atoms with van der Waals surface area (Å²) in [4.78, 5) is 10.5. The minimum atomic E-state index is -1.02. The maximum atomic E-state index is 10.5. The van der Waals surface area contributed by atoms with E-state index in [1.807, 2.05) is 0 Å². The van der Waals surface area contributed by atoms with Crippen molar-refractivity contribution in [2.45, 2.75) is 12.5 Å². The number of carboxylic acids is 1. The summed E-state index contributed by atoms with van der Waals surface area (Å²) < 4.78 is 0. The average molecular weight is 280 g/mol. The quantitative estimate of drug-likeness (QED) is 0.482. The summed E-state index contributed by atoms with van der Waals surface area (Å²) in [6.45, 7) is 0. The minimum absolute atomic E-state index is 0. The van der Waals surface area contributed by atoms with Gasteiger partial charge < -0.3 is 16.6 Å². The van der Waals surface area contributed by atoms with E-state index in [0.717, 1.165) is 5.56 Å². The molecule has 0 fully saturated rings. The molecule has 17 heavy (non-hydrogen) atoms. The van der Waals surface area contributed by atoms with Gasteiger partial charge in [0.2, 0.25) is 0 Å². The highest BCUT2D eigenvalue weighted by atomic mass is 35.5.